The summed E-state index contributed by atoms with van der Waals surface area (Å²) in [5, 5.41) is 10.7. The maximum Gasteiger partial charge on any atom is 0.347 e. The third-order valence-electron chi connectivity index (χ3n) is 3.11. The number of carboxylic acids is 1. The van der Waals surface area contributed by atoms with Gasteiger partial charge in [-0.3, -0.25) is 0 Å². The molecule has 1 aromatic heterocycles. The van der Waals surface area contributed by atoms with E-state index in [0.29, 0.717) is 5.56 Å². The Morgan fingerprint density at radius 2 is 2.15 bits per heavy atom. The highest BCUT2D eigenvalue weighted by molar-refractivity contribution is 7.98. The van der Waals surface area contributed by atoms with Crippen molar-refractivity contribution < 1.29 is 18.3 Å². The minimum Gasteiger partial charge on any atom is -0.477 e. The van der Waals surface area contributed by atoms with Crippen LogP contribution >= 0.6 is 23.1 Å². The molecular formula is C12H19NO4S3. The molecule has 8 heteroatoms. The second-order valence-electron chi connectivity index (χ2n) is 4.53. The maximum atomic E-state index is 12.6. The van der Waals surface area contributed by atoms with Crippen molar-refractivity contribution in [3.05, 3.63) is 15.8 Å². The number of carboxylic acid groups (broad SMARTS) is 1. The van der Waals surface area contributed by atoms with Crippen LogP contribution in [-0.2, 0) is 10.0 Å². The molecular weight excluding hydrogens is 318 g/mol. The lowest BCUT2D eigenvalue weighted by molar-refractivity contribution is 0.0698. The fourth-order valence-electron chi connectivity index (χ4n) is 1.75. The van der Waals surface area contributed by atoms with Crippen molar-refractivity contribution in [2.45, 2.75) is 31.2 Å². The summed E-state index contributed by atoms with van der Waals surface area (Å²) >= 11 is 2.60. The van der Waals surface area contributed by atoms with E-state index in [0.717, 1.165) is 23.5 Å². The summed E-state index contributed by atoms with van der Waals surface area (Å²) in [5.74, 6) is -0.345. The van der Waals surface area contributed by atoms with Crippen LogP contribution in [0.1, 0.15) is 28.6 Å². The van der Waals surface area contributed by atoms with Gasteiger partial charge in [0.15, 0.2) is 0 Å². The summed E-state index contributed by atoms with van der Waals surface area (Å²) < 4.78 is 26.5. The van der Waals surface area contributed by atoms with Gasteiger partial charge in [-0.25, -0.2) is 13.2 Å². The number of carbonyl (C=O) groups is 1. The Morgan fingerprint density at radius 1 is 1.55 bits per heavy atom. The topological polar surface area (TPSA) is 74.7 Å². The van der Waals surface area contributed by atoms with Gasteiger partial charge in [0.25, 0.3) is 0 Å². The Morgan fingerprint density at radius 3 is 2.65 bits per heavy atom. The molecule has 1 atom stereocenters. The number of aryl methyl sites for hydroxylation is 1. The summed E-state index contributed by atoms with van der Waals surface area (Å²) in [6.45, 7) is 3.45. The molecule has 1 aromatic rings. The monoisotopic (exact) mass is 337 g/mol. The number of hydrogen-bond acceptors (Lipinski definition) is 5. The molecule has 5 nitrogen and oxygen atoms in total. The van der Waals surface area contributed by atoms with Gasteiger partial charge in [-0.1, -0.05) is 0 Å². The smallest absolute Gasteiger partial charge is 0.347 e. The summed E-state index contributed by atoms with van der Waals surface area (Å²) in [5.41, 5.74) is 0.483. The van der Waals surface area contributed by atoms with Gasteiger partial charge in [-0.05, 0) is 43.2 Å². The summed E-state index contributed by atoms with van der Waals surface area (Å²) in [4.78, 5) is 11.0. The van der Waals surface area contributed by atoms with Crippen LogP contribution in [0.3, 0.4) is 0 Å². The van der Waals surface area contributed by atoms with Crippen LogP contribution in [0.25, 0.3) is 0 Å². The predicted molar refractivity (Wildman–Crippen MR) is 83.4 cm³/mol. The molecule has 0 aliphatic rings. The van der Waals surface area contributed by atoms with Crippen molar-refractivity contribution in [2.75, 3.05) is 19.1 Å². The van der Waals surface area contributed by atoms with Gasteiger partial charge in [0.1, 0.15) is 9.77 Å². The second-order valence-corrected chi connectivity index (χ2v) is 8.33. The highest BCUT2D eigenvalue weighted by Crippen LogP contribution is 2.30. The Hall–Kier alpha value is -0.570. The Balaban J connectivity index is 3.17. The van der Waals surface area contributed by atoms with E-state index in [1.165, 1.54) is 11.4 Å². The molecule has 1 N–H and O–H groups in total. The first kappa shape index (κ1) is 17.5. The highest BCUT2D eigenvalue weighted by atomic mass is 32.2. The minimum atomic E-state index is -3.78. The molecule has 1 heterocycles. The molecule has 1 rings (SSSR count). The Labute approximate surface area is 128 Å². The number of thiophene rings is 1. The number of rotatable bonds is 7. The van der Waals surface area contributed by atoms with Crippen LogP contribution in [0.2, 0.25) is 0 Å². The summed E-state index contributed by atoms with van der Waals surface area (Å²) in [6, 6.07) is -0.173. The fraction of sp³-hybridized carbons (Fsp3) is 0.583. The zero-order chi connectivity index (χ0) is 15.5. The normalized spacial score (nSPS) is 13.7. The van der Waals surface area contributed by atoms with E-state index in [9.17, 15) is 13.2 Å². The quantitative estimate of drug-likeness (QED) is 0.827. The van der Waals surface area contributed by atoms with Crippen molar-refractivity contribution in [1.29, 1.82) is 0 Å². The van der Waals surface area contributed by atoms with Crippen LogP contribution < -0.4 is 0 Å². The number of nitrogens with zero attached hydrogens (tertiary/aromatic N) is 1. The highest BCUT2D eigenvalue weighted by Gasteiger charge is 2.32. The van der Waals surface area contributed by atoms with Crippen molar-refractivity contribution in [2.24, 2.45) is 0 Å². The van der Waals surface area contributed by atoms with Gasteiger partial charge in [-0.15, -0.1) is 11.3 Å². The molecule has 0 aliphatic heterocycles. The molecule has 0 saturated heterocycles. The number of hydrogen-bond donors (Lipinski definition) is 1. The van der Waals surface area contributed by atoms with Gasteiger partial charge in [-0.2, -0.15) is 16.1 Å². The standard InChI is InChI=1S/C12H19NO4S3/c1-8-7-19-10(12(14)15)11(8)20(16,17)13(3)9(2)5-6-18-4/h7,9H,5-6H2,1-4H3,(H,14,15). The molecule has 114 valence electrons. The lowest BCUT2D eigenvalue weighted by Gasteiger charge is -2.24. The lowest BCUT2D eigenvalue weighted by atomic mass is 10.3. The first-order chi connectivity index (χ1) is 9.23. The summed E-state index contributed by atoms with van der Waals surface area (Å²) in [7, 11) is -2.27. The van der Waals surface area contributed by atoms with Gasteiger partial charge in [0, 0.05) is 13.1 Å². The number of thioether (sulfide) groups is 1. The average molecular weight is 337 g/mol. The van der Waals surface area contributed by atoms with Crippen LogP contribution in [-0.4, -0.2) is 48.9 Å². The largest absolute Gasteiger partial charge is 0.477 e. The molecule has 20 heavy (non-hydrogen) atoms. The first-order valence-electron chi connectivity index (χ1n) is 6.01. The fourth-order valence-corrected chi connectivity index (χ4v) is 5.30. The second kappa shape index (κ2) is 6.93. The molecule has 0 bridgehead atoms. The van der Waals surface area contributed by atoms with Crippen LogP contribution in [0, 0.1) is 6.92 Å². The van der Waals surface area contributed by atoms with Gasteiger partial charge >= 0.3 is 5.97 Å². The minimum absolute atomic E-state index is 0.0755. The van der Waals surface area contributed by atoms with E-state index in [4.69, 9.17) is 5.11 Å². The molecule has 1 unspecified atom stereocenters. The van der Waals surface area contributed by atoms with E-state index in [1.54, 1.807) is 24.1 Å². The van der Waals surface area contributed by atoms with E-state index in [-0.39, 0.29) is 15.8 Å². The van der Waals surface area contributed by atoms with E-state index in [1.807, 2.05) is 13.2 Å². The van der Waals surface area contributed by atoms with Crippen molar-refractivity contribution in [3.63, 3.8) is 0 Å². The first-order valence-corrected chi connectivity index (χ1v) is 9.73. The van der Waals surface area contributed by atoms with Crippen molar-refractivity contribution >= 4 is 39.1 Å². The average Bonchev–Trinajstić information content (AvgIpc) is 2.77. The van der Waals surface area contributed by atoms with Crippen molar-refractivity contribution in [3.8, 4) is 0 Å². The number of sulfonamides is 1. The van der Waals surface area contributed by atoms with Gasteiger partial charge < -0.3 is 5.11 Å². The van der Waals surface area contributed by atoms with Crippen LogP contribution in [0.5, 0.6) is 0 Å². The van der Waals surface area contributed by atoms with E-state index < -0.39 is 16.0 Å². The van der Waals surface area contributed by atoms with Crippen molar-refractivity contribution in [1.82, 2.24) is 4.31 Å². The molecule has 0 fully saturated rings. The lowest BCUT2D eigenvalue weighted by Crippen LogP contribution is -2.36. The molecule has 0 radical (unpaired) electrons. The summed E-state index contributed by atoms with van der Waals surface area (Å²) in [6.07, 6.45) is 2.69. The molecule has 0 aliphatic carbocycles. The SMILES string of the molecule is CSCCC(C)N(C)S(=O)(=O)c1c(C)csc1C(=O)O. The third kappa shape index (κ3) is 3.55. The maximum absolute atomic E-state index is 12.6. The number of aromatic carboxylic acids is 1. The van der Waals surface area contributed by atoms with Crippen LogP contribution in [0.15, 0.2) is 10.3 Å². The Bertz CT molecular complexity index is 580. The predicted octanol–water partition coefficient (Wildman–Crippen LogP) is 2.52. The third-order valence-corrected chi connectivity index (χ3v) is 7.13. The molecule has 0 spiro atoms. The molecule has 0 amide bonds. The zero-order valence-corrected chi connectivity index (χ0v) is 14.4. The molecule has 0 saturated carbocycles. The Kier molecular flexibility index (Phi) is 6.06. The van der Waals surface area contributed by atoms with Gasteiger partial charge in [0.2, 0.25) is 10.0 Å². The van der Waals surface area contributed by atoms with Gasteiger partial charge in [0.05, 0.1) is 0 Å². The van der Waals surface area contributed by atoms with E-state index >= 15 is 0 Å². The van der Waals surface area contributed by atoms with E-state index in [2.05, 4.69) is 0 Å². The zero-order valence-electron chi connectivity index (χ0n) is 11.9. The van der Waals surface area contributed by atoms with Crippen LogP contribution in [0.4, 0.5) is 0 Å². The molecule has 0 aromatic carbocycles.